The van der Waals surface area contributed by atoms with Crippen molar-refractivity contribution in [3.63, 3.8) is 0 Å². The Bertz CT molecular complexity index is 1130. The predicted molar refractivity (Wildman–Crippen MR) is 117 cm³/mol. The quantitative estimate of drug-likeness (QED) is 0.545. The lowest BCUT2D eigenvalue weighted by atomic mass is 9.92. The second-order valence-corrected chi connectivity index (χ2v) is 9.74. The van der Waals surface area contributed by atoms with Crippen LogP contribution in [0.3, 0.4) is 0 Å². The summed E-state index contributed by atoms with van der Waals surface area (Å²) in [7, 11) is 1.59. The largest absolute Gasteiger partial charge is 0.375 e. The van der Waals surface area contributed by atoms with Crippen LogP contribution in [-0.4, -0.2) is 62.2 Å². The van der Waals surface area contributed by atoms with Crippen molar-refractivity contribution in [1.82, 2.24) is 20.0 Å². The standard InChI is InChI=1S/C21H20BrFN4O4S/c1-10-3-4-11(5-14(10)23)15-9-27(26-25-15)16-17-19(20(28)30-17)31-21(18(16)29-2)32-13-6-12(22)7-24-8-13/h3-9,16-21,28H,1-2H3/t16?,17-,18?,19?,20?,21-/m1/s1. The Balaban J connectivity index is 1.46. The number of aliphatic hydroxyl groups excluding tert-OH is 1. The first-order valence-corrected chi connectivity index (χ1v) is 11.6. The van der Waals surface area contributed by atoms with Crippen LogP contribution in [-0.2, 0) is 14.2 Å². The average Bonchev–Trinajstić information content (AvgIpc) is 3.25. The second kappa shape index (κ2) is 8.81. The zero-order valence-electron chi connectivity index (χ0n) is 17.1. The maximum Gasteiger partial charge on any atom is 0.184 e. The number of ether oxygens (including phenoxy) is 3. The van der Waals surface area contributed by atoms with Crippen LogP contribution in [0.1, 0.15) is 11.6 Å². The highest BCUT2D eigenvalue weighted by atomic mass is 79.9. The molecule has 2 aromatic heterocycles. The fourth-order valence-corrected chi connectivity index (χ4v) is 5.62. The molecular weight excluding hydrogens is 503 g/mol. The molecule has 2 fully saturated rings. The molecule has 32 heavy (non-hydrogen) atoms. The normalized spacial score (nSPS) is 29.4. The topological polar surface area (TPSA) is 91.5 Å². The molecule has 2 saturated heterocycles. The van der Waals surface area contributed by atoms with Gasteiger partial charge < -0.3 is 19.3 Å². The maximum absolute atomic E-state index is 14.0. The molecule has 0 radical (unpaired) electrons. The van der Waals surface area contributed by atoms with E-state index in [9.17, 15) is 9.50 Å². The minimum absolute atomic E-state index is 0.303. The molecular formula is C21H20BrFN4O4S. The highest BCUT2D eigenvalue weighted by Crippen LogP contribution is 2.45. The number of halogens is 2. The Kier molecular flexibility index (Phi) is 6.03. The number of rotatable bonds is 5. The van der Waals surface area contributed by atoms with E-state index >= 15 is 0 Å². The van der Waals surface area contributed by atoms with Crippen LogP contribution < -0.4 is 0 Å². The highest BCUT2D eigenvalue weighted by molar-refractivity contribution is 9.10. The molecule has 0 amide bonds. The Labute approximate surface area is 196 Å². The van der Waals surface area contributed by atoms with Gasteiger partial charge in [0.05, 0.1) is 6.20 Å². The predicted octanol–water partition coefficient (Wildman–Crippen LogP) is 3.34. The summed E-state index contributed by atoms with van der Waals surface area (Å²) in [5.41, 5.74) is 1.26. The summed E-state index contributed by atoms with van der Waals surface area (Å²) in [6, 6.07) is 6.47. The first kappa shape index (κ1) is 21.9. The van der Waals surface area contributed by atoms with Crippen molar-refractivity contribution >= 4 is 27.7 Å². The average molecular weight is 523 g/mol. The third kappa shape index (κ3) is 3.97. The number of fused-ring (bicyclic) bond motifs is 1. The summed E-state index contributed by atoms with van der Waals surface area (Å²) < 4.78 is 34.1. The Hall–Kier alpha value is -1.89. The molecule has 4 heterocycles. The van der Waals surface area contributed by atoms with Gasteiger partial charge in [0, 0.05) is 34.4 Å². The molecule has 4 unspecified atom stereocenters. The molecule has 6 atom stereocenters. The van der Waals surface area contributed by atoms with Crippen molar-refractivity contribution in [3.05, 3.63) is 58.7 Å². The number of pyridine rings is 1. The molecule has 0 bridgehead atoms. The Morgan fingerprint density at radius 2 is 2.06 bits per heavy atom. The van der Waals surface area contributed by atoms with Gasteiger partial charge in [0.1, 0.15) is 41.3 Å². The smallest absolute Gasteiger partial charge is 0.184 e. The van der Waals surface area contributed by atoms with Gasteiger partial charge in [0.15, 0.2) is 6.29 Å². The summed E-state index contributed by atoms with van der Waals surface area (Å²) in [4.78, 5) is 5.08. The number of aromatic nitrogens is 4. The van der Waals surface area contributed by atoms with Crippen LogP contribution in [0.2, 0.25) is 0 Å². The zero-order valence-corrected chi connectivity index (χ0v) is 19.5. The highest BCUT2D eigenvalue weighted by Gasteiger charge is 2.57. The van der Waals surface area contributed by atoms with Gasteiger partial charge in [-0.3, -0.25) is 4.98 Å². The molecule has 1 aromatic carbocycles. The van der Waals surface area contributed by atoms with Crippen molar-refractivity contribution in [2.24, 2.45) is 0 Å². The summed E-state index contributed by atoms with van der Waals surface area (Å²) in [6.07, 6.45) is 2.69. The van der Waals surface area contributed by atoms with Crippen LogP contribution in [0.4, 0.5) is 4.39 Å². The van der Waals surface area contributed by atoms with Crippen molar-refractivity contribution in [2.45, 2.75) is 47.9 Å². The van der Waals surface area contributed by atoms with Gasteiger partial charge in [-0.05, 0) is 40.5 Å². The van der Waals surface area contributed by atoms with Gasteiger partial charge in [-0.25, -0.2) is 9.07 Å². The zero-order chi connectivity index (χ0) is 22.4. The first-order valence-electron chi connectivity index (χ1n) is 9.92. The number of aliphatic hydroxyl groups is 1. The Morgan fingerprint density at radius 1 is 1.22 bits per heavy atom. The lowest BCUT2D eigenvalue weighted by molar-refractivity contribution is -0.363. The van der Waals surface area contributed by atoms with Crippen molar-refractivity contribution in [3.8, 4) is 11.3 Å². The van der Waals surface area contributed by atoms with Gasteiger partial charge >= 0.3 is 0 Å². The molecule has 2 aliphatic heterocycles. The van der Waals surface area contributed by atoms with Crippen molar-refractivity contribution in [1.29, 1.82) is 0 Å². The fourth-order valence-electron chi connectivity index (χ4n) is 3.93. The van der Waals surface area contributed by atoms with E-state index < -0.39 is 36.1 Å². The maximum atomic E-state index is 14.0. The molecule has 1 N–H and O–H groups in total. The van der Waals surface area contributed by atoms with Crippen LogP contribution in [0.5, 0.6) is 0 Å². The summed E-state index contributed by atoms with van der Waals surface area (Å²) in [5, 5.41) is 18.6. The van der Waals surface area contributed by atoms with E-state index in [-0.39, 0.29) is 5.82 Å². The van der Waals surface area contributed by atoms with E-state index in [4.69, 9.17) is 14.2 Å². The van der Waals surface area contributed by atoms with E-state index in [1.54, 1.807) is 49.4 Å². The molecule has 0 aliphatic carbocycles. The van der Waals surface area contributed by atoms with Gasteiger partial charge in [-0.2, -0.15) is 0 Å². The van der Waals surface area contributed by atoms with E-state index in [2.05, 4.69) is 31.2 Å². The van der Waals surface area contributed by atoms with Crippen molar-refractivity contribution in [2.75, 3.05) is 7.11 Å². The van der Waals surface area contributed by atoms with Gasteiger partial charge in [0.2, 0.25) is 0 Å². The molecule has 3 aromatic rings. The fraction of sp³-hybridized carbons (Fsp3) is 0.381. The van der Waals surface area contributed by atoms with Gasteiger partial charge in [-0.15, -0.1) is 5.10 Å². The van der Waals surface area contributed by atoms with Gasteiger partial charge in [0.25, 0.3) is 0 Å². The van der Waals surface area contributed by atoms with Crippen molar-refractivity contribution < 1.29 is 23.7 Å². The van der Waals surface area contributed by atoms with Gasteiger partial charge in [-0.1, -0.05) is 29.1 Å². The summed E-state index contributed by atoms with van der Waals surface area (Å²) >= 11 is 4.87. The van der Waals surface area contributed by atoms with Crippen LogP contribution in [0.15, 0.2) is 52.2 Å². The SMILES string of the molecule is COC1C(n2cc(-c3ccc(C)c(F)c3)nn2)[C@H]2OC(O)C2O[C@@H]1Sc1cncc(Br)c1. The molecule has 0 spiro atoms. The van der Waals surface area contributed by atoms with E-state index in [1.807, 2.05) is 6.07 Å². The van der Waals surface area contributed by atoms with E-state index in [1.165, 1.54) is 17.8 Å². The summed E-state index contributed by atoms with van der Waals surface area (Å²) in [6.45, 7) is 1.71. The number of thioether (sulfide) groups is 1. The van der Waals surface area contributed by atoms with Crippen LogP contribution in [0, 0.1) is 12.7 Å². The lowest BCUT2D eigenvalue weighted by Gasteiger charge is -2.52. The number of hydrogen-bond acceptors (Lipinski definition) is 8. The number of benzene rings is 1. The molecule has 168 valence electrons. The first-order chi connectivity index (χ1) is 15.4. The molecule has 8 nitrogen and oxygen atoms in total. The monoisotopic (exact) mass is 522 g/mol. The molecule has 11 heteroatoms. The minimum Gasteiger partial charge on any atom is -0.375 e. The third-order valence-electron chi connectivity index (χ3n) is 5.62. The Morgan fingerprint density at radius 3 is 2.78 bits per heavy atom. The van der Waals surface area contributed by atoms with Crippen LogP contribution in [0.25, 0.3) is 11.3 Å². The van der Waals surface area contributed by atoms with Crippen LogP contribution >= 0.6 is 27.7 Å². The number of aryl methyl sites for hydroxylation is 1. The number of hydrogen-bond donors (Lipinski definition) is 1. The lowest BCUT2D eigenvalue weighted by Crippen LogP contribution is -2.67. The number of methoxy groups -OCH3 is 1. The molecule has 5 rings (SSSR count). The molecule has 2 aliphatic rings. The van der Waals surface area contributed by atoms with E-state index in [0.29, 0.717) is 16.8 Å². The summed E-state index contributed by atoms with van der Waals surface area (Å²) in [5.74, 6) is -0.303. The van der Waals surface area contributed by atoms with E-state index in [0.717, 1.165) is 9.37 Å². The molecule has 0 saturated carbocycles. The third-order valence-corrected chi connectivity index (χ3v) is 7.16. The minimum atomic E-state index is -1.03. The second-order valence-electron chi connectivity index (χ2n) is 7.66. The number of nitrogens with zero attached hydrogens (tertiary/aromatic N) is 4.